The van der Waals surface area contributed by atoms with Crippen LogP contribution in [0.15, 0.2) is 30.3 Å². The smallest absolute Gasteiger partial charge is 0.254 e. The minimum absolute atomic E-state index is 0.00199. The highest BCUT2D eigenvalue weighted by molar-refractivity contribution is 7.91. The van der Waals surface area contributed by atoms with E-state index in [4.69, 9.17) is 0 Å². The van der Waals surface area contributed by atoms with Gasteiger partial charge in [0.25, 0.3) is 5.91 Å². The summed E-state index contributed by atoms with van der Waals surface area (Å²) in [4.78, 5) is 14.5. The van der Waals surface area contributed by atoms with Gasteiger partial charge < -0.3 is 4.90 Å². The molecule has 1 aromatic carbocycles. The van der Waals surface area contributed by atoms with Gasteiger partial charge in [0.1, 0.15) is 0 Å². The van der Waals surface area contributed by atoms with Crippen LogP contribution in [0.25, 0.3) is 0 Å². The predicted molar refractivity (Wildman–Crippen MR) is 79.4 cm³/mol. The third-order valence-electron chi connectivity index (χ3n) is 3.58. The second-order valence-electron chi connectivity index (χ2n) is 6.66. The first-order valence-corrected chi connectivity index (χ1v) is 8.47. The minimum atomic E-state index is -3.14. The number of benzene rings is 1. The van der Waals surface area contributed by atoms with Crippen LogP contribution in [-0.2, 0) is 9.84 Å². The molecule has 0 saturated carbocycles. The SMILES string of the molecule is CC1(C)CS(=O)(=O)CC(C)(C)N1C(=O)c1ccccc1. The average Bonchev–Trinajstić information content (AvgIpc) is 2.24. The van der Waals surface area contributed by atoms with Gasteiger partial charge in [-0.05, 0) is 39.8 Å². The fraction of sp³-hybridized carbons (Fsp3) is 0.533. The number of carbonyl (C=O) groups is 1. The van der Waals surface area contributed by atoms with E-state index in [0.717, 1.165) is 0 Å². The van der Waals surface area contributed by atoms with E-state index >= 15 is 0 Å². The molecule has 0 aliphatic carbocycles. The molecule has 1 heterocycles. The molecule has 1 aliphatic heterocycles. The molecule has 4 nitrogen and oxygen atoms in total. The molecule has 20 heavy (non-hydrogen) atoms. The Morgan fingerprint density at radius 3 is 1.90 bits per heavy atom. The van der Waals surface area contributed by atoms with E-state index in [0.29, 0.717) is 5.56 Å². The van der Waals surface area contributed by atoms with Crippen LogP contribution in [0, 0.1) is 0 Å². The lowest BCUT2D eigenvalue weighted by atomic mass is 9.93. The molecule has 110 valence electrons. The standard InChI is InChI=1S/C15H21NO3S/c1-14(2)10-20(18,19)11-15(3,4)16(14)13(17)12-8-6-5-7-9-12/h5-9H,10-11H2,1-4H3. The lowest BCUT2D eigenvalue weighted by molar-refractivity contribution is 0.0249. The maximum Gasteiger partial charge on any atom is 0.254 e. The van der Waals surface area contributed by atoms with Crippen LogP contribution in [0.5, 0.6) is 0 Å². The highest BCUT2D eigenvalue weighted by Crippen LogP contribution is 2.35. The molecule has 2 rings (SSSR count). The average molecular weight is 295 g/mol. The molecule has 0 atom stereocenters. The van der Waals surface area contributed by atoms with E-state index in [1.807, 2.05) is 45.9 Å². The van der Waals surface area contributed by atoms with Crippen molar-refractivity contribution >= 4 is 15.7 Å². The van der Waals surface area contributed by atoms with Crippen molar-refractivity contribution in [2.45, 2.75) is 38.8 Å². The van der Waals surface area contributed by atoms with Gasteiger partial charge in [-0.15, -0.1) is 0 Å². The Kier molecular flexibility index (Phi) is 3.45. The molecule has 5 heteroatoms. The summed E-state index contributed by atoms with van der Waals surface area (Å²) in [6, 6.07) is 9.00. The second kappa shape index (κ2) is 4.58. The van der Waals surface area contributed by atoms with E-state index in [-0.39, 0.29) is 17.4 Å². The zero-order chi connectivity index (χ0) is 15.2. The van der Waals surface area contributed by atoms with Crippen molar-refractivity contribution < 1.29 is 13.2 Å². The Labute approximate surface area is 120 Å². The first kappa shape index (κ1) is 15.0. The molecule has 0 bridgehead atoms. The maximum absolute atomic E-state index is 12.8. The zero-order valence-electron chi connectivity index (χ0n) is 12.4. The summed E-state index contributed by atoms with van der Waals surface area (Å²) < 4.78 is 24.1. The number of hydrogen-bond acceptors (Lipinski definition) is 3. The number of carbonyl (C=O) groups excluding carboxylic acids is 1. The Morgan fingerprint density at radius 1 is 1.00 bits per heavy atom. The molecule has 0 N–H and O–H groups in total. The molecule has 0 unspecified atom stereocenters. The molecule has 0 radical (unpaired) electrons. The van der Waals surface area contributed by atoms with Gasteiger partial charge in [-0.25, -0.2) is 8.42 Å². The monoisotopic (exact) mass is 295 g/mol. The number of amides is 1. The van der Waals surface area contributed by atoms with Gasteiger partial charge in [0.2, 0.25) is 0 Å². The molecule has 0 spiro atoms. The third-order valence-corrected chi connectivity index (χ3v) is 5.87. The minimum Gasteiger partial charge on any atom is -0.326 e. The first-order chi connectivity index (χ1) is 9.05. The van der Waals surface area contributed by atoms with Crippen molar-refractivity contribution in [2.24, 2.45) is 0 Å². The van der Waals surface area contributed by atoms with Crippen molar-refractivity contribution in [3.8, 4) is 0 Å². The summed E-state index contributed by atoms with van der Waals surface area (Å²) in [5.41, 5.74) is -0.839. The van der Waals surface area contributed by atoms with E-state index < -0.39 is 20.9 Å². The van der Waals surface area contributed by atoms with Crippen molar-refractivity contribution in [1.82, 2.24) is 4.90 Å². The Balaban J connectivity index is 2.46. The van der Waals surface area contributed by atoms with Crippen molar-refractivity contribution in [3.05, 3.63) is 35.9 Å². The maximum atomic E-state index is 12.8. The number of sulfone groups is 1. The fourth-order valence-corrected chi connectivity index (χ4v) is 5.85. The van der Waals surface area contributed by atoms with E-state index in [1.165, 1.54) is 0 Å². The van der Waals surface area contributed by atoms with Crippen LogP contribution in [0.2, 0.25) is 0 Å². The third kappa shape index (κ3) is 2.73. The van der Waals surface area contributed by atoms with Gasteiger partial charge in [0.15, 0.2) is 9.84 Å². The van der Waals surface area contributed by atoms with Gasteiger partial charge in [-0.2, -0.15) is 0 Å². The van der Waals surface area contributed by atoms with Crippen LogP contribution in [0.3, 0.4) is 0 Å². The molecular weight excluding hydrogens is 274 g/mol. The molecule has 1 fully saturated rings. The number of nitrogens with zero attached hydrogens (tertiary/aromatic N) is 1. The largest absolute Gasteiger partial charge is 0.326 e. The molecule has 1 aliphatic rings. The molecule has 1 aromatic rings. The Bertz CT molecular complexity index is 594. The summed E-state index contributed by atoms with van der Waals surface area (Å²) in [7, 11) is -3.14. The topological polar surface area (TPSA) is 54.5 Å². The quantitative estimate of drug-likeness (QED) is 0.797. The lowest BCUT2D eigenvalue weighted by Crippen LogP contribution is -2.67. The highest BCUT2D eigenvalue weighted by atomic mass is 32.2. The van der Waals surface area contributed by atoms with Crippen molar-refractivity contribution in [2.75, 3.05) is 11.5 Å². The van der Waals surface area contributed by atoms with Crippen molar-refractivity contribution in [3.63, 3.8) is 0 Å². The van der Waals surface area contributed by atoms with Crippen LogP contribution < -0.4 is 0 Å². The highest BCUT2D eigenvalue weighted by Gasteiger charge is 2.50. The van der Waals surface area contributed by atoms with Gasteiger partial charge >= 0.3 is 0 Å². The van der Waals surface area contributed by atoms with E-state index in [1.54, 1.807) is 17.0 Å². The molecule has 1 saturated heterocycles. The predicted octanol–water partition coefficient (Wildman–Crippen LogP) is 2.11. The van der Waals surface area contributed by atoms with Crippen LogP contribution in [-0.4, -0.2) is 41.8 Å². The summed E-state index contributed by atoms with van der Waals surface area (Å²) in [6.45, 7) is 7.25. The van der Waals surface area contributed by atoms with Crippen LogP contribution >= 0.6 is 0 Å². The first-order valence-electron chi connectivity index (χ1n) is 6.65. The van der Waals surface area contributed by atoms with Gasteiger partial charge in [0, 0.05) is 5.56 Å². The van der Waals surface area contributed by atoms with E-state index in [2.05, 4.69) is 0 Å². The van der Waals surface area contributed by atoms with Gasteiger partial charge in [-0.1, -0.05) is 18.2 Å². The summed E-state index contributed by atoms with van der Waals surface area (Å²) in [5.74, 6) is -0.111. The number of hydrogen-bond donors (Lipinski definition) is 0. The normalized spacial score (nSPS) is 23.3. The Morgan fingerprint density at radius 2 is 1.45 bits per heavy atom. The summed E-state index contributed by atoms with van der Waals surface area (Å²) >= 11 is 0. The zero-order valence-corrected chi connectivity index (χ0v) is 13.2. The van der Waals surface area contributed by atoms with E-state index in [9.17, 15) is 13.2 Å². The van der Waals surface area contributed by atoms with Crippen molar-refractivity contribution in [1.29, 1.82) is 0 Å². The van der Waals surface area contributed by atoms with Gasteiger partial charge in [0.05, 0.1) is 22.6 Å². The Hall–Kier alpha value is -1.36. The van der Waals surface area contributed by atoms with Crippen LogP contribution in [0.1, 0.15) is 38.1 Å². The molecule has 0 aromatic heterocycles. The second-order valence-corrected chi connectivity index (χ2v) is 8.73. The van der Waals surface area contributed by atoms with Gasteiger partial charge in [-0.3, -0.25) is 4.79 Å². The van der Waals surface area contributed by atoms with Crippen LogP contribution in [0.4, 0.5) is 0 Å². The summed E-state index contributed by atoms with van der Waals surface area (Å²) in [5, 5.41) is 0. The number of rotatable bonds is 1. The lowest BCUT2D eigenvalue weighted by Gasteiger charge is -2.52. The molecular formula is C15H21NO3S. The fourth-order valence-electron chi connectivity index (χ4n) is 3.34. The molecule has 1 amide bonds. The summed E-state index contributed by atoms with van der Waals surface area (Å²) in [6.07, 6.45) is 0.